The molecule has 3 aromatic rings. The third kappa shape index (κ3) is 4.20. The lowest BCUT2D eigenvalue weighted by Gasteiger charge is -2.13. The van der Waals surface area contributed by atoms with E-state index < -0.39 is 0 Å². The lowest BCUT2D eigenvalue weighted by Crippen LogP contribution is -2.33. The van der Waals surface area contributed by atoms with Crippen molar-refractivity contribution in [2.75, 3.05) is 0 Å². The summed E-state index contributed by atoms with van der Waals surface area (Å²) >= 11 is 0. The highest BCUT2D eigenvalue weighted by Gasteiger charge is 2.20. The summed E-state index contributed by atoms with van der Waals surface area (Å²) in [4.78, 5) is 17.0. The first-order chi connectivity index (χ1) is 12.5. The summed E-state index contributed by atoms with van der Waals surface area (Å²) < 4.78 is 5.74. The second-order valence-corrected chi connectivity index (χ2v) is 6.64. The molecule has 134 valence electrons. The average molecular weight is 348 g/mol. The molecule has 4 heteroatoms. The SMILES string of the molecule is Cc1ccccc1-c1nc(C(=O)NC(C)CCc2ccccc2)c(C)o1. The highest BCUT2D eigenvalue weighted by molar-refractivity contribution is 5.93. The van der Waals surface area contributed by atoms with E-state index in [-0.39, 0.29) is 11.9 Å². The van der Waals surface area contributed by atoms with Gasteiger partial charge in [-0.3, -0.25) is 4.79 Å². The zero-order chi connectivity index (χ0) is 18.5. The zero-order valence-corrected chi connectivity index (χ0v) is 15.5. The molecule has 4 nitrogen and oxygen atoms in total. The monoisotopic (exact) mass is 348 g/mol. The van der Waals surface area contributed by atoms with Crippen molar-refractivity contribution in [3.63, 3.8) is 0 Å². The first-order valence-electron chi connectivity index (χ1n) is 8.93. The summed E-state index contributed by atoms with van der Waals surface area (Å²) in [7, 11) is 0. The van der Waals surface area contributed by atoms with Crippen molar-refractivity contribution in [3.05, 3.63) is 77.2 Å². The van der Waals surface area contributed by atoms with Gasteiger partial charge in [-0.1, -0.05) is 48.5 Å². The second kappa shape index (κ2) is 8.00. The lowest BCUT2D eigenvalue weighted by molar-refractivity contribution is 0.0932. The molecule has 0 aliphatic heterocycles. The third-order valence-electron chi connectivity index (χ3n) is 4.47. The molecule has 0 spiro atoms. The molecule has 2 aromatic carbocycles. The number of rotatable bonds is 6. The Kier molecular flexibility index (Phi) is 5.52. The van der Waals surface area contributed by atoms with Gasteiger partial charge in [0.1, 0.15) is 5.76 Å². The van der Waals surface area contributed by atoms with E-state index >= 15 is 0 Å². The van der Waals surface area contributed by atoms with Crippen molar-refractivity contribution in [3.8, 4) is 11.5 Å². The maximum Gasteiger partial charge on any atom is 0.273 e. The first kappa shape index (κ1) is 17.9. The van der Waals surface area contributed by atoms with Crippen molar-refractivity contribution in [1.29, 1.82) is 0 Å². The van der Waals surface area contributed by atoms with Crippen LogP contribution in [0, 0.1) is 13.8 Å². The van der Waals surface area contributed by atoms with Gasteiger partial charge in [0.25, 0.3) is 5.91 Å². The Morgan fingerprint density at radius 2 is 1.77 bits per heavy atom. The van der Waals surface area contributed by atoms with Gasteiger partial charge in [-0.2, -0.15) is 0 Å². The van der Waals surface area contributed by atoms with Gasteiger partial charge in [-0.15, -0.1) is 0 Å². The molecule has 0 saturated heterocycles. The quantitative estimate of drug-likeness (QED) is 0.702. The molecule has 0 aliphatic carbocycles. The number of amides is 1. The number of carbonyl (C=O) groups excluding carboxylic acids is 1. The molecule has 0 saturated carbocycles. The summed E-state index contributed by atoms with van der Waals surface area (Å²) in [5.41, 5.74) is 3.60. The van der Waals surface area contributed by atoms with E-state index in [1.807, 2.05) is 56.3 Å². The molecule has 1 N–H and O–H groups in total. The van der Waals surface area contributed by atoms with Crippen LogP contribution >= 0.6 is 0 Å². The van der Waals surface area contributed by atoms with E-state index in [1.54, 1.807) is 6.92 Å². The van der Waals surface area contributed by atoms with Crippen molar-refractivity contribution in [1.82, 2.24) is 10.3 Å². The molecule has 3 rings (SSSR count). The van der Waals surface area contributed by atoms with Crippen molar-refractivity contribution in [2.24, 2.45) is 0 Å². The van der Waals surface area contributed by atoms with Crippen LogP contribution < -0.4 is 5.32 Å². The number of aryl methyl sites for hydroxylation is 3. The standard InChI is InChI=1S/C22H24N2O2/c1-15-9-7-8-12-19(15)22-24-20(17(3)26-22)21(25)23-16(2)13-14-18-10-5-4-6-11-18/h4-12,16H,13-14H2,1-3H3,(H,23,25). The van der Waals surface area contributed by atoms with Gasteiger partial charge in [-0.25, -0.2) is 4.98 Å². The Labute approximate surface area is 154 Å². The fourth-order valence-electron chi connectivity index (χ4n) is 2.93. The molecule has 0 bridgehead atoms. The average Bonchev–Trinajstić information content (AvgIpc) is 3.03. The number of carbonyl (C=O) groups is 1. The molecule has 1 aromatic heterocycles. The van der Waals surface area contributed by atoms with Crippen LogP contribution in [0.15, 0.2) is 59.0 Å². The lowest BCUT2D eigenvalue weighted by atomic mass is 10.1. The van der Waals surface area contributed by atoms with Crippen LogP contribution in [-0.4, -0.2) is 16.9 Å². The van der Waals surface area contributed by atoms with Gasteiger partial charge in [-0.05, 0) is 50.8 Å². The van der Waals surface area contributed by atoms with E-state index in [4.69, 9.17) is 4.42 Å². The predicted octanol–water partition coefficient (Wildman–Crippen LogP) is 4.71. The van der Waals surface area contributed by atoms with E-state index in [2.05, 4.69) is 22.4 Å². The van der Waals surface area contributed by atoms with E-state index in [9.17, 15) is 4.79 Å². The Balaban J connectivity index is 1.65. The normalized spacial score (nSPS) is 12.0. The molecular weight excluding hydrogens is 324 g/mol. The Morgan fingerprint density at radius 3 is 2.50 bits per heavy atom. The van der Waals surface area contributed by atoms with E-state index in [0.29, 0.717) is 17.3 Å². The minimum Gasteiger partial charge on any atom is -0.441 e. The Hall–Kier alpha value is -2.88. The van der Waals surface area contributed by atoms with Crippen LogP contribution in [0.25, 0.3) is 11.5 Å². The second-order valence-electron chi connectivity index (χ2n) is 6.64. The maximum absolute atomic E-state index is 12.6. The number of hydrogen-bond acceptors (Lipinski definition) is 3. The third-order valence-corrected chi connectivity index (χ3v) is 4.47. The Morgan fingerprint density at radius 1 is 1.08 bits per heavy atom. The van der Waals surface area contributed by atoms with Crippen LogP contribution in [-0.2, 0) is 6.42 Å². The summed E-state index contributed by atoms with van der Waals surface area (Å²) in [6.07, 6.45) is 1.80. The van der Waals surface area contributed by atoms with E-state index in [1.165, 1.54) is 5.56 Å². The largest absolute Gasteiger partial charge is 0.441 e. The summed E-state index contributed by atoms with van der Waals surface area (Å²) in [6, 6.07) is 18.2. The highest BCUT2D eigenvalue weighted by atomic mass is 16.4. The van der Waals surface area contributed by atoms with Crippen LogP contribution in [0.5, 0.6) is 0 Å². The van der Waals surface area contributed by atoms with E-state index in [0.717, 1.165) is 24.0 Å². The van der Waals surface area contributed by atoms with Crippen molar-refractivity contribution in [2.45, 2.75) is 39.7 Å². The molecule has 0 radical (unpaired) electrons. The topological polar surface area (TPSA) is 55.1 Å². The fourth-order valence-corrected chi connectivity index (χ4v) is 2.93. The minimum absolute atomic E-state index is 0.0562. The summed E-state index contributed by atoms with van der Waals surface area (Å²) in [5.74, 6) is 0.838. The minimum atomic E-state index is -0.188. The maximum atomic E-state index is 12.6. The van der Waals surface area contributed by atoms with Gasteiger partial charge >= 0.3 is 0 Å². The molecule has 26 heavy (non-hydrogen) atoms. The number of oxazole rings is 1. The zero-order valence-electron chi connectivity index (χ0n) is 15.5. The molecular formula is C22H24N2O2. The number of hydrogen-bond donors (Lipinski definition) is 1. The number of benzene rings is 2. The summed E-state index contributed by atoms with van der Waals surface area (Å²) in [6.45, 7) is 5.79. The molecule has 1 unspecified atom stereocenters. The summed E-state index contributed by atoms with van der Waals surface area (Å²) in [5, 5.41) is 3.03. The number of nitrogens with one attached hydrogen (secondary N) is 1. The van der Waals surface area contributed by atoms with Crippen LogP contribution in [0.4, 0.5) is 0 Å². The van der Waals surface area contributed by atoms with Gasteiger partial charge in [0.15, 0.2) is 5.69 Å². The van der Waals surface area contributed by atoms with Gasteiger partial charge in [0, 0.05) is 11.6 Å². The number of aromatic nitrogens is 1. The van der Waals surface area contributed by atoms with Crippen LogP contribution in [0.3, 0.4) is 0 Å². The van der Waals surface area contributed by atoms with Gasteiger partial charge in [0.05, 0.1) is 0 Å². The van der Waals surface area contributed by atoms with Crippen molar-refractivity contribution < 1.29 is 9.21 Å². The van der Waals surface area contributed by atoms with Gasteiger partial charge in [0.2, 0.25) is 5.89 Å². The smallest absolute Gasteiger partial charge is 0.273 e. The van der Waals surface area contributed by atoms with Crippen LogP contribution in [0.2, 0.25) is 0 Å². The van der Waals surface area contributed by atoms with Crippen LogP contribution in [0.1, 0.15) is 40.7 Å². The van der Waals surface area contributed by atoms with Crippen molar-refractivity contribution >= 4 is 5.91 Å². The predicted molar refractivity (Wildman–Crippen MR) is 103 cm³/mol. The first-order valence-corrected chi connectivity index (χ1v) is 8.93. The molecule has 1 atom stereocenters. The molecule has 1 heterocycles. The number of nitrogens with zero attached hydrogens (tertiary/aromatic N) is 1. The fraction of sp³-hybridized carbons (Fsp3) is 0.273. The molecule has 1 amide bonds. The highest BCUT2D eigenvalue weighted by Crippen LogP contribution is 2.24. The van der Waals surface area contributed by atoms with Gasteiger partial charge < -0.3 is 9.73 Å². The molecule has 0 aliphatic rings. The molecule has 0 fully saturated rings. The Bertz CT molecular complexity index is 884.